The number of methoxy groups -OCH3 is 1. The Bertz CT molecular complexity index is 1390. The van der Waals surface area contributed by atoms with Gasteiger partial charge in [0.15, 0.2) is 16.7 Å². The van der Waals surface area contributed by atoms with Gasteiger partial charge in [-0.2, -0.15) is 4.98 Å². The SMILES string of the molecule is COc1c(C)cnc(CN2NC3CC(C(=O)Nc4nc(C)c(C(C)=O)s4)Sc4nc(N)nc2c43)c1C. The maximum atomic E-state index is 13.2. The number of ketones is 1. The lowest BCUT2D eigenvalue weighted by Gasteiger charge is -2.26. The predicted octanol–water partition coefficient (Wildman–Crippen LogP) is 3.12. The van der Waals surface area contributed by atoms with Crippen molar-refractivity contribution in [2.45, 2.75) is 57.0 Å². The Morgan fingerprint density at radius 3 is 2.75 bits per heavy atom. The number of nitrogens with zero attached hydrogens (tertiary/aromatic N) is 5. The van der Waals surface area contributed by atoms with Gasteiger partial charge in [-0.05, 0) is 27.2 Å². The van der Waals surface area contributed by atoms with E-state index >= 15 is 0 Å². The number of aryl methyl sites for hydroxylation is 2. The van der Waals surface area contributed by atoms with Crippen LogP contribution in [0, 0.1) is 20.8 Å². The molecule has 0 spiro atoms. The Morgan fingerprint density at radius 1 is 1.28 bits per heavy atom. The molecule has 2 aliphatic heterocycles. The molecule has 13 heteroatoms. The van der Waals surface area contributed by atoms with E-state index in [1.54, 1.807) is 20.2 Å². The summed E-state index contributed by atoms with van der Waals surface area (Å²) in [6.45, 7) is 7.63. The summed E-state index contributed by atoms with van der Waals surface area (Å²) in [7, 11) is 1.65. The Labute approximate surface area is 216 Å². The maximum absolute atomic E-state index is 13.2. The van der Waals surface area contributed by atoms with Gasteiger partial charge in [-0.1, -0.05) is 23.1 Å². The maximum Gasteiger partial charge on any atom is 0.239 e. The Kier molecular flexibility index (Phi) is 6.30. The molecule has 3 aromatic rings. The minimum absolute atomic E-state index is 0.0719. The van der Waals surface area contributed by atoms with Gasteiger partial charge in [0.05, 0.1) is 41.2 Å². The number of pyridine rings is 1. The molecule has 5 rings (SSSR count). The summed E-state index contributed by atoms with van der Waals surface area (Å²) in [6, 6.07) is -0.161. The van der Waals surface area contributed by atoms with E-state index in [0.717, 1.165) is 28.1 Å². The number of thioether (sulfide) groups is 1. The first-order chi connectivity index (χ1) is 17.2. The van der Waals surface area contributed by atoms with Crippen LogP contribution in [0.3, 0.4) is 0 Å². The van der Waals surface area contributed by atoms with Crippen molar-refractivity contribution in [1.29, 1.82) is 0 Å². The standard InChI is InChI=1S/C23H26N8O3S2/c1-9-7-25-14(10(2)17(9)34-5)8-31-19-16-13(30-31)6-15(35-21(16)29-22(24)27-19)20(33)28-23-26-11(3)18(36-23)12(4)32/h7,13,15,30H,6,8H2,1-5H3,(H2,24,27,29)(H,26,28,33). The second-order valence-corrected chi connectivity index (χ2v) is 10.9. The number of aromatic nitrogens is 4. The monoisotopic (exact) mass is 526 g/mol. The average molecular weight is 527 g/mol. The zero-order valence-electron chi connectivity index (χ0n) is 20.5. The molecular formula is C23H26N8O3S2. The molecule has 0 saturated carbocycles. The zero-order valence-corrected chi connectivity index (χ0v) is 22.1. The summed E-state index contributed by atoms with van der Waals surface area (Å²) < 4.78 is 5.56. The Balaban J connectivity index is 1.38. The van der Waals surface area contributed by atoms with Gasteiger partial charge in [0.2, 0.25) is 11.9 Å². The summed E-state index contributed by atoms with van der Waals surface area (Å²) in [4.78, 5) is 43.3. The molecule has 0 aliphatic carbocycles. The number of hydrogen-bond donors (Lipinski definition) is 3. The molecule has 0 bridgehead atoms. The molecule has 2 unspecified atom stereocenters. The number of nitrogens with one attached hydrogen (secondary N) is 2. The normalized spacial score (nSPS) is 18.2. The van der Waals surface area contributed by atoms with Crippen molar-refractivity contribution in [3.63, 3.8) is 0 Å². The number of rotatable bonds is 6. The lowest BCUT2D eigenvalue weighted by molar-refractivity contribution is -0.116. The van der Waals surface area contributed by atoms with Crippen LogP contribution in [-0.4, -0.2) is 44.0 Å². The Hall–Kier alpha value is -3.29. The van der Waals surface area contributed by atoms with E-state index < -0.39 is 5.25 Å². The third-order valence-corrected chi connectivity index (χ3v) is 8.62. The summed E-state index contributed by atoms with van der Waals surface area (Å²) in [6.07, 6.45) is 2.31. The van der Waals surface area contributed by atoms with Crippen molar-refractivity contribution >= 4 is 51.7 Å². The molecule has 5 heterocycles. The minimum Gasteiger partial charge on any atom is -0.496 e. The van der Waals surface area contributed by atoms with Crippen molar-refractivity contribution in [1.82, 2.24) is 25.4 Å². The number of anilines is 3. The van der Waals surface area contributed by atoms with Gasteiger partial charge in [-0.15, -0.1) is 0 Å². The van der Waals surface area contributed by atoms with E-state index in [2.05, 4.69) is 30.7 Å². The van der Waals surface area contributed by atoms with Crippen molar-refractivity contribution in [3.8, 4) is 5.75 Å². The molecule has 0 fully saturated rings. The van der Waals surface area contributed by atoms with Gasteiger partial charge in [0, 0.05) is 29.8 Å². The number of hydrogen-bond acceptors (Lipinski definition) is 12. The van der Waals surface area contributed by atoms with Crippen LogP contribution in [0.25, 0.3) is 0 Å². The first-order valence-corrected chi connectivity index (χ1v) is 13.0. The number of nitrogen functional groups attached to an aromatic ring is 1. The van der Waals surface area contributed by atoms with Crippen LogP contribution < -0.4 is 26.2 Å². The molecular weight excluding hydrogens is 500 g/mol. The van der Waals surface area contributed by atoms with Crippen LogP contribution in [0.5, 0.6) is 5.75 Å². The molecule has 36 heavy (non-hydrogen) atoms. The molecule has 2 atom stereocenters. The molecule has 4 N–H and O–H groups in total. The highest BCUT2D eigenvalue weighted by molar-refractivity contribution is 8.00. The van der Waals surface area contributed by atoms with Crippen LogP contribution in [0.15, 0.2) is 11.2 Å². The summed E-state index contributed by atoms with van der Waals surface area (Å²) in [5, 5.41) is 5.44. The van der Waals surface area contributed by atoms with Crippen molar-refractivity contribution in [2.24, 2.45) is 0 Å². The second-order valence-electron chi connectivity index (χ2n) is 8.76. The molecule has 11 nitrogen and oxygen atoms in total. The molecule has 1 amide bonds. The summed E-state index contributed by atoms with van der Waals surface area (Å²) in [5.74, 6) is 1.36. The average Bonchev–Trinajstić information content (AvgIpc) is 3.36. The van der Waals surface area contributed by atoms with Gasteiger partial charge in [-0.3, -0.25) is 19.6 Å². The molecule has 188 valence electrons. The summed E-state index contributed by atoms with van der Waals surface area (Å²) in [5.41, 5.74) is 13.8. The molecule has 0 radical (unpaired) electrons. The number of carbonyl (C=O) groups excluding carboxylic acids is 2. The molecule has 3 aromatic heterocycles. The third kappa shape index (κ3) is 4.27. The quantitative estimate of drug-likeness (QED) is 0.321. The number of amides is 1. The lowest BCUT2D eigenvalue weighted by atomic mass is 10.0. The fourth-order valence-electron chi connectivity index (χ4n) is 4.56. The van der Waals surface area contributed by atoms with E-state index in [-0.39, 0.29) is 23.7 Å². The summed E-state index contributed by atoms with van der Waals surface area (Å²) >= 11 is 2.54. The van der Waals surface area contributed by atoms with Crippen molar-refractivity contribution in [2.75, 3.05) is 23.2 Å². The first-order valence-electron chi connectivity index (χ1n) is 11.3. The molecule has 0 saturated heterocycles. The highest BCUT2D eigenvalue weighted by Crippen LogP contribution is 2.47. The van der Waals surface area contributed by atoms with E-state index in [9.17, 15) is 9.59 Å². The van der Waals surface area contributed by atoms with Crippen LogP contribution >= 0.6 is 23.1 Å². The number of hydrazine groups is 1. The van der Waals surface area contributed by atoms with E-state index in [0.29, 0.717) is 39.5 Å². The second kappa shape index (κ2) is 9.30. The number of thiazole rings is 1. The first kappa shape index (κ1) is 24.4. The van der Waals surface area contributed by atoms with Gasteiger partial charge in [0.25, 0.3) is 0 Å². The number of nitrogens with two attached hydrogens (primary N) is 1. The van der Waals surface area contributed by atoms with Crippen LogP contribution in [0.1, 0.15) is 57.1 Å². The van der Waals surface area contributed by atoms with Gasteiger partial charge < -0.3 is 15.8 Å². The van der Waals surface area contributed by atoms with Gasteiger partial charge in [-0.25, -0.2) is 15.4 Å². The van der Waals surface area contributed by atoms with Crippen LogP contribution in [-0.2, 0) is 11.3 Å². The third-order valence-electron chi connectivity index (χ3n) is 6.22. The van der Waals surface area contributed by atoms with E-state index in [1.807, 2.05) is 18.9 Å². The fraction of sp³-hybridized carbons (Fsp3) is 0.391. The topological polar surface area (TPSA) is 148 Å². The van der Waals surface area contributed by atoms with E-state index in [4.69, 9.17) is 10.5 Å². The Morgan fingerprint density at radius 2 is 2.06 bits per heavy atom. The largest absolute Gasteiger partial charge is 0.496 e. The number of ether oxygens (including phenoxy) is 1. The zero-order chi connectivity index (χ0) is 25.7. The molecule has 2 aliphatic rings. The lowest BCUT2D eigenvalue weighted by Crippen LogP contribution is -2.38. The van der Waals surface area contributed by atoms with Crippen LogP contribution in [0.2, 0.25) is 0 Å². The highest BCUT2D eigenvalue weighted by atomic mass is 32.2. The van der Waals surface area contributed by atoms with Crippen molar-refractivity contribution < 1.29 is 14.3 Å². The minimum atomic E-state index is -0.429. The van der Waals surface area contributed by atoms with Gasteiger partial charge >= 0.3 is 0 Å². The van der Waals surface area contributed by atoms with Crippen LogP contribution in [0.4, 0.5) is 16.9 Å². The molecule has 0 aromatic carbocycles. The number of carbonyl (C=O) groups is 2. The highest BCUT2D eigenvalue weighted by Gasteiger charge is 2.42. The fourth-order valence-corrected chi connectivity index (χ4v) is 6.65. The smallest absolute Gasteiger partial charge is 0.239 e. The predicted molar refractivity (Wildman–Crippen MR) is 139 cm³/mol. The van der Waals surface area contributed by atoms with Gasteiger partial charge in [0.1, 0.15) is 10.8 Å². The van der Waals surface area contributed by atoms with E-state index in [1.165, 1.54) is 30.0 Å². The number of Topliss-reactive ketones (excluding diaryl/α,β-unsaturated/α-hetero) is 1. The van der Waals surface area contributed by atoms with Crippen molar-refractivity contribution in [3.05, 3.63) is 39.2 Å².